The molecule has 0 fully saturated rings. The standard InChI is InChI=1S/C12H21N3O2/c1-12(2,3)17-11(16)6-4-5-8-15-9-7-10(13)14-15/h7,9H,4-6,8H2,1-3H3,(H2,13,14). The van der Waals surface area contributed by atoms with E-state index in [9.17, 15) is 4.79 Å². The third kappa shape index (κ3) is 5.94. The predicted molar refractivity (Wildman–Crippen MR) is 66.3 cm³/mol. The first kappa shape index (κ1) is 13.5. The largest absolute Gasteiger partial charge is 0.460 e. The van der Waals surface area contributed by atoms with Crippen molar-refractivity contribution in [1.82, 2.24) is 9.78 Å². The van der Waals surface area contributed by atoms with Crippen LogP contribution in [0.2, 0.25) is 0 Å². The van der Waals surface area contributed by atoms with Gasteiger partial charge < -0.3 is 10.5 Å². The van der Waals surface area contributed by atoms with Crippen molar-refractivity contribution < 1.29 is 9.53 Å². The first-order valence-corrected chi connectivity index (χ1v) is 5.87. The molecule has 0 bridgehead atoms. The first-order chi connectivity index (χ1) is 7.87. The molecule has 0 spiro atoms. The van der Waals surface area contributed by atoms with Gasteiger partial charge in [0.15, 0.2) is 0 Å². The zero-order valence-electron chi connectivity index (χ0n) is 10.8. The minimum Gasteiger partial charge on any atom is -0.460 e. The number of hydrogen-bond donors (Lipinski definition) is 1. The maximum Gasteiger partial charge on any atom is 0.306 e. The molecule has 0 unspecified atom stereocenters. The topological polar surface area (TPSA) is 70.1 Å². The summed E-state index contributed by atoms with van der Waals surface area (Å²) in [6, 6.07) is 1.76. The second-order valence-corrected chi connectivity index (χ2v) is 5.05. The smallest absolute Gasteiger partial charge is 0.306 e. The van der Waals surface area contributed by atoms with Gasteiger partial charge in [0.05, 0.1) is 0 Å². The summed E-state index contributed by atoms with van der Waals surface area (Å²) in [5, 5.41) is 4.07. The van der Waals surface area contributed by atoms with E-state index in [1.54, 1.807) is 10.7 Å². The molecule has 0 radical (unpaired) electrons. The van der Waals surface area contributed by atoms with Gasteiger partial charge in [0, 0.05) is 19.2 Å². The summed E-state index contributed by atoms with van der Waals surface area (Å²) in [5.41, 5.74) is 5.10. The van der Waals surface area contributed by atoms with Crippen LogP contribution in [0.3, 0.4) is 0 Å². The zero-order valence-corrected chi connectivity index (χ0v) is 10.8. The molecule has 0 aromatic carbocycles. The Morgan fingerprint density at radius 1 is 1.47 bits per heavy atom. The summed E-state index contributed by atoms with van der Waals surface area (Å²) in [4.78, 5) is 11.4. The number of aryl methyl sites for hydroxylation is 1. The molecule has 2 N–H and O–H groups in total. The van der Waals surface area contributed by atoms with Crippen molar-refractivity contribution in [2.45, 2.75) is 52.2 Å². The van der Waals surface area contributed by atoms with Gasteiger partial charge in [-0.2, -0.15) is 5.10 Å². The van der Waals surface area contributed by atoms with Crippen LogP contribution in [0.25, 0.3) is 0 Å². The Labute approximate surface area is 102 Å². The van der Waals surface area contributed by atoms with Crippen LogP contribution in [0.5, 0.6) is 0 Å². The van der Waals surface area contributed by atoms with Gasteiger partial charge in [-0.05, 0) is 39.7 Å². The van der Waals surface area contributed by atoms with Crippen molar-refractivity contribution >= 4 is 11.8 Å². The van der Waals surface area contributed by atoms with Crippen molar-refractivity contribution in [3.05, 3.63) is 12.3 Å². The maximum absolute atomic E-state index is 11.4. The van der Waals surface area contributed by atoms with E-state index in [0.717, 1.165) is 19.4 Å². The van der Waals surface area contributed by atoms with Gasteiger partial charge in [-0.15, -0.1) is 0 Å². The van der Waals surface area contributed by atoms with Gasteiger partial charge in [0.2, 0.25) is 0 Å². The molecule has 1 aromatic rings. The van der Waals surface area contributed by atoms with Crippen LogP contribution in [0.15, 0.2) is 12.3 Å². The van der Waals surface area contributed by atoms with Crippen LogP contribution in [0.4, 0.5) is 5.82 Å². The number of nitrogens with zero attached hydrogens (tertiary/aromatic N) is 2. The number of esters is 1. The lowest BCUT2D eigenvalue weighted by Gasteiger charge is -2.19. The van der Waals surface area contributed by atoms with Crippen LogP contribution < -0.4 is 5.73 Å². The number of hydrogen-bond acceptors (Lipinski definition) is 4. The minimum absolute atomic E-state index is 0.141. The molecule has 0 aliphatic carbocycles. The van der Waals surface area contributed by atoms with Crippen LogP contribution in [-0.4, -0.2) is 21.4 Å². The van der Waals surface area contributed by atoms with Crippen LogP contribution in [0, 0.1) is 0 Å². The lowest BCUT2D eigenvalue weighted by atomic mass is 10.2. The quantitative estimate of drug-likeness (QED) is 0.630. The number of carbonyl (C=O) groups is 1. The summed E-state index contributed by atoms with van der Waals surface area (Å²) in [6.45, 7) is 6.40. The highest BCUT2D eigenvalue weighted by molar-refractivity contribution is 5.69. The molecular formula is C12H21N3O2. The summed E-state index contributed by atoms with van der Waals surface area (Å²) < 4.78 is 6.99. The van der Waals surface area contributed by atoms with E-state index in [0.29, 0.717) is 12.2 Å². The molecule has 1 aromatic heterocycles. The fourth-order valence-corrected chi connectivity index (χ4v) is 1.44. The van der Waals surface area contributed by atoms with E-state index in [2.05, 4.69) is 5.10 Å². The number of nitrogen functional groups attached to an aromatic ring is 1. The van der Waals surface area contributed by atoms with Gasteiger partial charge >= 0.3 is 5.97 Å². The predicted octanol–water partition coefficient (Wildman–Crippen LogP) is 1.98. The molecular weight excluding hydrogens is 218 g/mol. The normalized spacial score (nSPS) is 11.5. The Balaban J connectivity index is 2.14. The second-order valence-electron chi connectivity index (χ2n) is 5.05. The van der Waals surface area contributed by atoms with Crippen molar-refractivity contribution in [3.8, 4) is 0 Å². The summed E-state index contributed by atoms with van der Waals surface area (Å²) >= 11 is 0. The number of anilines is 1. The van der Waals surface area contributed by atoms with Gasteiger partial charge in [-0.1, -0.05) is 0 Å². The van der Waals surface area contributed by atoms with E-state index in [1.807, 2.05) is 27.0 Å². The number of rotatable bonds is 5. The monoisotopic (exact) mass is 239 g/mol. The Hall–Kier alpha value is -1.52. The Bertz CT molecular complexity index is 366. The number of nitrogens with two attached hydrogens (primary N) is 1. The average molecular weight is 239 g/mol. The fraction of sp³-hybridized carbons (Fsp3) is 0.667. The molecule has 0 saturated carbocycles. The fourth-order valence-electron chi connectivity index (χ4n) is 1.44. The van der Waals surface area contributed by atoms with Crippen molar-refractivity contribution in [1.29, 1.82) is 0 Å². The zero-order chi connectivity index (χ0) is 12.9. The van der Waals surface area contributed by atoms with Crippen LogP contribution in [-0.2, 0) is 16.1 Å². The van der Waals surface area contributed by atoms with Crippen molar-refractivity contribution in [3.63, 3.8) is 0 Å². The Morgan fingerprint density at radius 2 is 2.18 bits per heavy atom. The van der Waals surface area contributed by atoms with E-state index >= 15 is 0 Å². The van der Waals surface area contributed by atoms with Gasteiger partial charge in [-0.25, -0.2) is 0 Å². The molecule has 0 atom stereocenters. The van der Waals surface area contributed by atoms with E-state index in [1.165, 1.54) is 0 Å². The van der Waals surface area contributed by atoms with Gasteiger partial charge in [0.1, 0.15) is 11.4 Å². The highest BCUT2D eigenvalue weighted by Crippen LogP contribution is 2.10. The third-order valence-electron chi connectivity index (χ3n) is 2.10. The molecule has 96 valence electrons. The molecule has 0 aliphatic rings. The maximum atomic E-state index is 11.4. The van der Waals surface area contributed by atoms with Crippen LogP contribution in [0.1, 0.15) is 40.0 Å². The molecule has 1 rings (SSSR count). The van der Waals surface area contributed by atoms with Crippen molar-refractivity contribution in [2.75, 3.05) is 5.73 Å². The summed E-state index contributed by atoms with van der Waals surface area (Å²) in [7, 11) is 0. The van der Waals surface area contributed by atoms with Gasteiger partial charge in [-0.3, -0.25) is 9.48 Å². The number of aromatic nitrogens is 2. The molecule has 0 amide bonds. The average Bonchev–Trinajstić information content (AvgIpc) is 2.56. The highest BCUT2D eigenvalue weighted by atomic mass is 16.6. The Morgan fingerprint density at radius 3 is 2.71 bits per heavy atom. The SMILES string of the molecule is CC(C)(C)OC(=O)CCCCn1ccc(N)n1. The molecule has 1 heterocycles. The van der Waals surface area contributed by atoms with E-state index < -0.39 is 5.60 Å². The first-order valence-electron chi connectivity index (χ1n) is 5.87. The Kier molecular flexibility index (Phi) is 4.54. The molecule has 5 nitrogen and oxygen atoms in total. The second kappa shape index (κ2) is 5.70. The third-order valence-corrected chi connectivity index (χ3v) is 2.10. The summed E-state index contributed by atoms with van der Waals surface area (Å²) in [6.07, 6.45) is 3.98. The molecule has 17 heavy (non-hydrogen) atoms. The molecule has 5 heteroatoms. The summed E-state index contributed by atoms with van der Waals surface area (Å²) in [5.74, 6) is 0.384. The van der Waals surface area contributed by atoms with Crippen molar-refractivity contribution in [2.24, 2.45) is 0 Å². The minimum atomic E-state index is -0.395. The van der Waals surface area contributed by atoms with E-state index in [4.69, 9.17) is 10.5 Å². The van der Waals surface area contributed by atoms with Gasteiger partial charge in [0.25, 0.3) is 0 Å². The molecule has 0 saturated heterocycles. The lowest BCUT2D eigenvalue weighted by Crippen LogP contribution is -2.23. The number of carbonyl (C=O) groups excluding carboxylic acids is 1. The van der Waals surface area contributed by atoms with E-state index in [-0.39, 0.29) is 5.97 Å². The lowest BCUT2D eigenvalue weighted by molar-refractivity contribution is -0.154. The highest BCUT2D eigenvalue weighted by Gasteiger charge is 2.15. The number of ether oxygens (including phenoxy) is 1. The molecule has 0 aliphatic heterocycles. The number of unbranched alkanes of at least 4 members (excludes halogenated alkanes) is 1. The van der Waals surface area contributed by atoms with Crippen LogP contribution >= 0.6 is 0 Å².